The fourth-order valence-corrected chi connectivity index (χ4v) is 2.96. The molecule has 0 saturated carbocycles. The largest absolute Gasteiger partial charge is 0.373 e. The van der Waals surface area contributed by atoms with Gasteiger partial charge >= 0.3 is 0 Å². The Bertz CT molecular complexity index is 677. The van der Waals surface area contributed by atoms with E-state index < -0.39 is 0 Å². The minimum absolute atomic E-state index is 0.0258. The molecule has 2 aromatic carbocycles. The van der Waals surface area contributed by atoms with Crippen LogP contribution in [0.5, 0.6) is 0 Å². The number of ether oxygens (including phenoxy) is 2. The fourth-order valence-electron chi connectivity index (χ4n) is 2.96. The van der Waals surface area contributed by atoms with Crippen LogP contribution in [0, 0.1) is 11.3 Å². The summed E-state index contributed by atoms with van der Waals surface area (Å²) in [5.74, 6) is 0. The minimum Gasteiger partial charge on any atom is -0.373 e. The minimum atomic E-state index is 0.0258. The summed E-state index contributed by atoms with van der Waals surface area (Å²) in [4.78, 5) is 0. The monoisotopic (exact) mass is 321 g/mol. The van der Waals surface area contributed by atoms with Crippen LogP contribution in [0.3, 0.4) is 0 Å². The van der Waals surface area contributed by atoms with E-state index in [1.54, 1.807) is 0 Å². The van der Waals surface area contributed by atoms with E-state index in [-0.39, 0.29) is 12.2 Å². The molecular weight excluding hydrogens is 298 g/mol. The Balaban J connectivity index is 1.61. The quantitative estimate of drug-likeness (QED) is 0.789. The van der Waals surface area contributed by atoms with Crippen molar-refractivity contribution >= 4 is 0 Å². The van der Waals surface area contributed by atoms with Gasteiger partial charge in [0.1, 0.15) is 6.10 Å². The Morgan fingerprint density at radius 1 is 0.958 bits per heavy atom. The average molecular weight is 321 g/mol. The first-order valence-electron chi connectivity index (χ1n) is 8.64. The molecule has 0 aliphatic carbocycles. The highest BCUT2D eigenvalue weighted by Crippen LogP contribution is 2.27. The van der Waals surface area contributed by atoms with Gasteiger partial charge in [0.05, 0.1) is 31.0 Å². The Hall–Kier alpha value is -2.15. The molecule has 0 N–H and O–H groups in total. The maximum atomic E-state index is 8.87. The zero-order valence-electron chi connectivity index (χ0n) is 14.1. The van der Waals surface area contributed by atoms with E-state index in [0.717, 1.165) is 23.1 Å². The van der Waals surface area contributed by atoms with Crippen LogP contribution in [-0.2, 0) is 9.47 Å². The van der Waals surface area contributed by atoms with Crippen LogP contribution in [0.2, 0.25) is 0 Å². The van der Waals surface area contributed by atoms with E-state index in [4.69, 9.17) is 14.7 Å². The Morgan fingerprint density at radius 2 is 1.62 bits per heavy atom. The predicted octanol–water partition coefficient (Wildman–Crippen LogP) is 4.87. The Kier molecular flexibility index (Phi) is 5.63. The van der Waals surface area contributed by atoms with E-state index in [0.29, 0.717) is 18.8 Å². The molecule has 1 aliphatic heterocycles. The molecule has 0 unspecified atom stereocenters. The van der Waals surface area contributed by atoms with Crippen LogP contribution < -0.4 is 0 Å². The summed E-state index contributed by atoms with van der Waals surface area (Å²) >= 11 is 0. The van der Waals surface area contributed by atoms with Gasteiger partial charge in [-0.3, -0.25) is 0 Å². The molecule has 24 heavy (non-hydrogen) atoms. The lowest BCUT2D eigenvalue weighted by atomic mass is 10.0. The first-order valence-corrected chi connectivity index (χ1v) is 8.64. The second kappa shape index (κ2) is 8.10. The van der Waals surface area contributed by atoms with Crippen molar-refractivity contribution in [1.82, 2.24) is 0 Å². The second-order valence-electron chi connectivity index (χ2n) is 6.23. The lowest BCUT2D eigenvalue weighted by Gasteiger charge is -2.30. The maximum Gasteiger partial charge on any atom is 0.106 e. The van der Waals surface area contributed by atoms with Gasteiger partial charge in [-0.15, -0.1) is 0 Å². The second-order valence-corrected chi connectivity index (χ2v) is 6.23. The molecule has 0 amide bonds. The summed E-state index contributed by atoms with van der Waals surface area (Å²) < 4.78 is 11.9. The molecule has 2 atom stereocenters. The van der Waals surface area contributed by atoms with Crippen LogP contribution in [0.4, 0.5) is 0 Å². The zero-order valence-corrected chi connectivity index (χ0v) is 14.1. The van der Waals surface area contributed by atoms with Crippen molar-refractivity contribution in [2.45, 2.75) is 38.4 Å². The van der Waals surface area contributed by atoms with Gasteiger partial charge < -0.3 is 9.47 Å². The maximum absolute atomic E-state index is 8.87. The Morgan fingerprint density at radius 3 is 2.17 bits per heavy atom. The van der Waals surface area contributed by atoms with E-state index >= 15 is 0 Å². The smallest absolute Gasteiger partial charge is 0.106 e. The third kappa shape index (κ3) is 4.03. The summed E-state index contributed by atoms with van der Waals surface area (Å²) in [6.45, 7) is 3.51. The van der Waals surface area contributed by atoms with E-state index in [1.165, 1.54) is 12.8 Å². The Labute approximate surface area is 143 Å². The van der Waals surface area contributed by atoms with Gasteiger partial charge in [-0.1, -0.05) is 56.2 Å². The van der Waals surface area contributed by atoms with E-state index in [2.05, 4.69) is 37.3 Å². The zero-order chi connectivity index (χ0) is 16.8. The van der Waals surface area contributed by atoms with E-state index in [9.17, 15) is 0 Å². The van der Waals surface area contributed by atoms with Gasteiger partial charge in [-0.2, -0.15) is 5.26 Å². The number of rotatable bonds is 5. The molecule has 3 heteroatoms. The lowest BCUT2D eigenvalue weighted by molar-refractivity contribution is -0.137. The molecular formula is C21H23NO2. The predicted molar refractivity (Wildman–Crippen MR) is 94.6 cm³/mol. The van der Waals surface area contributed by atoms with E-state index in [1.807, 2.05) is 24.3 Å². The summed E-state index contributed by atoms with van der Waals surface area (Å²) in [7, 11) is 0. The molecule has 0 bridgehead atoms. The number of nitriles is 1. The third-order valence-corrected chi connectivity index (χ3v) is 4.48. The first kappa shape index (κ1) is 16.7. The van der Waals surface area contributed by atoms with Crippen LogP contribution >= 0.6 is 0 Å². The number of unbranched alkanes of at least 4 members (excludes halogenated alkanes) is 1. The fraction of sp³-hybridized carbons (Fsp3) is 0.381. The van der Waals surface area contributed by atoms with Crippen molar-refractivity contribution in [3.63, 3.8) is 0 Å². The van der Waals surface area contributed by atoms with Crippen molar-refractivity contribution < 1.29 is 9.47 Å². The topological polar surface area (TPSA) is 42.2 Å². The van der Waals surface area contributed by atoms with Gasteiger partial charge in [0, 0.05) is 0 Å². The van der Waals surface area contributed by atoms with Gasteiger partial charge in [-0.25, -0.2) is 0 Å². The molecule has 3 nitrogen and oxygen atoms in total. The molecule has 1 heterocycles. The molecule has 0 radical (unpaired) electrons. The van der Waals surface area contributed by atoms with Crippen molar-refractivity contribution in [3.05, 3.63) is 59.7 Å². The van der Waals surface area contributed by atoms with Crippen LogP contribution in [-0.4, -0.2) is 19.3 Å². The van der Waals surface area contributed by atoms with Gasteiger partial charge in [0.2, 0.25) is 0 Å². The highest BCUT2D eigenvalue weighted by molar-refractivity contribution is 5.64. The van der Waals surface area contributed by atoms with Crippen molar-refractivity contribution in [3.8, 4) is 17.2 Å². The molecule has 2 aromatic rings. The summed E-state index contributed by atoms with van der Waals surface area (Å²) in [6.07, 6.45) is 3.75. The summed E-state index contributed by atoms with van der Waals surface area (Å²) in [6, 6.07) is 18.2. The summed E-state index contributed by atoms with van der Waals surface area (Å²) in [5.41, 5.74) is 4.09. The van der Waals surface area contributed by atoms with Crippen LogP contribution in [0.25, 0.3) is 11.1 Å². The highest BCUT2D eigenvalue weighted by atomic mass is 16.6. The highest BCUT2D eigenvalue weighted by Gasteiger charge is 2.23. The molecule has 3 rings (SSSR count). The number of hydrogen-bond acceptors (Lipinski definition) is 3. The number of nitrogens with zero attached hydrogens (tertiary/aromatic N) is 1. The van der Waals surface area contributed by atoms with Crippen molar-refractivity contribution in [2.75, 3.05) is 13.2 Å². The molecule has 124 valence electrons. The van der Waals surface area contributed by atoms with Crippen LogP contribution in [0.1, 0.15) is 43.4 Å². The molecule has 1 aliphatic rings. The number of hydrogen-bond donors (Lipinski definition) is 0. The van der Waals surface area contributed by atoms with Gasteiger partial charge in [0.25, 0.3) is 0 Å². The van der Waals surface area contributed by atoms with Crippen molar-refractivity contribution in [1.29, 1.82) is 5.26 Å². The van der Waals surface area contributed by atoms with Gasteiger partial charge in [-0.05, 0) is 35.2 Å². The lowest BCUT2D eigenvalue weighted by Crippen LogP contribution is -2.31. The third-order valence-electron chi connectivity index (χ3n) is 4.48. The summed E-state index contributed by atoms with van der Waals surface area (Å²) in [5, 5.41) is 8.87. The molecule has 0 spiro atoms. The van der Waals surface area contributed by atoms with Gasteiger partial charge in [0.15, 0.2) is 0 Å². The van der Waals surface area contributed by atoms with Crippen LogP contribution in [0.15, 0.2) is 48.5 Å². The molecule has 1 saturated heterocycles. The number of benzene rings is 2. The van der Waals surface area contributed by atoms with Crippen molar-refractivity contribution in [2.24, 2.45) is 0 Å². The normalized spacial score (nSPS) is 20.5. The first-order chi connectivity index (χ1) is 11.8. The standard InChI is InChI=1S/C21H23NO2/c1-2-3-4-20-14-24-21(15-23-20)19-11-9-18(10-12-19)17-7-5-16(13-22)6-8-17/h5-12,20-21H,2-4,14-15H2,1H3/t20-,21-/m0/s1. The molecule has 0 aromatic heterocycles. The molecule has 1 fully saturated rings. The SMILES string of the molecule is CCCC[C@H]1CO[C@H](c2ccc(-c3ccc(C#N)cc3)cc2)CO1. The average Bonchev–Trinajstić information content (AvgIpc) is 2.67.